The second kappa shape index (κ2) is 7.24. The first-order chi connectivity index (χ1) is 10.2. The summed E-state index contributed by atoms with van der Waals surface area (Å²) in [4.78, 5) is 22.7. The van der Waals surface area contributed by atoms with Gasteiger partial charge in [0.2, 0.25) is 0 Å². The third-order valence-electron chi connectivity index (χ3n) is 3.05. The third kappa shape index (κ3) is 4.18. The van der Waals surface area contributed by atoms with Crippen molar-refractivity contribution in [2.75, 3.05) is 11.9 Å². The normalized spacial score (nSPS) is 9.95. The lowest BCUT2D eigenvalue weighted by Gasteiger charge is -2.09. The molecule has 21 heavy (non-hydrogen) atoms. The summed E-state index contributed by atoms with van der Waals surface area (Å²) < 4.78 is 5.36. The number of para-hydroxylation sites is 1. The summed E-state index contributed by atoms with van der Waals surface area (Å²) in [5.41, 5.74) is 2.37. The quantitative estimate of drug-likeness (QED) is 0.829. The molecule has 108 valence electrons. The summed E-state index contributed by atoms with van der Waals surface area (Å²) in [5, 5.41) is 2.75. The average molecular weight is 283 g/mol. The minimum absolute atomic E-state index is 0.139. The molecule has 0 saturated carbocycles. The van der Waals surface area contributed by atoms with Crippen molar-refractivity contribution in [2.24, 2.45) is 0 Å². The van der Waals surface area contributed by atoms with Crippen LogP contribution < -0.4 is 10.1 Å². The van der Waals surface area contributed by atoms with E-state index >= 15 is 0 Å². The molecule has 0 spiro atoms. The van der Waals surface area contributed by atoms with Gasteiger partial charge in [-0.1, -0.05) is 31.2 Å². The van der Waals surface area contributed by atoms with Crippen molar-refractivity contribution < 1.29 is 14.3 Å². The van der Waals surface area contributed by atoms with Crippen LogP contribution in [0.2, 0.25) is 0 Å². The molecule has 4 nitrogen and oxygen atoms in total. The fourth-order valence-electron chi connectivity index (χ4n) is 1.87. The van der Waals surface area contributed by atoms with E-state index in [0.29, 0.717) is 17.6 Å². The molecule has 4 heteroatoms. The number of ether oxygens (including phenoxy) is 1. The molecule has 0 radical (unpaired) electrons. The van der Waals surface area contributed by atoms with Crippen LogP contribution in [0.5, 0.6) is 5.75 Å². The van der Waals surface area contributed by atoms with Gasteiger partial charge in [0.15, 0.2) is 12.9 Å². The van der Waals surface area contributed by atoms with E-state index in [1.807, 2.05) is 24.3 Å². The van der Waals surface area contributed by atoms with Gasteiger partial charge in [0, 0.05) is 5.69 Å². The number of nitrogens with one attached hydrogen (secondary N) is 1. The Labute approximate surface area is 123 Å². The van der Waals surface area contributed by atoms with Crippen molar-refractivity contribution in [3.8, 4) is 5.75 Å². The van der Waals surface area contributed by atoms with Crippen LogP contribution in [0.15, 0.2) is 48.5 Å². The van der Waals surface area contributed by atoms with Crippen LogP contribution in [-0.4, -0.2) is 18.8 Å². The number of aldehydes is 1. The first-order valence-electron chi connectivity index (χ1n) is 6.78. The van der Waals surface area contributed by atoms with Crippen LogP contribution in [0, 0.1) is 0 Å². The highest BCUT2D eigenvalue weighted by molar-refractivity contribution is 5.92. The van der Waals surface area contributed by atoms with Crippen LogP contribution in [0.25, 0.3) is 0 Å². The highest BCUT2D eigenvalue weighted by atomic mass is 16.5. The first-order valence-corrected chi connectivity index (χ1v) is 6.78. The van der Waals surface area contributed by atoms with Gasteiger partial charge in [-0.25, -0.2) is 0 Å². The number of amides is 1. The number of anilines is 1. The van der Waals surface area contributed by atoms with Gasteiger partial charge < -0.3 is 10.1 Å². The molecule has 2 rings (SSSR count). The number of aryl methyl sites for hydroxylation is 1. The zero-order valence-electron chi connectivity index (χ0n) is 11.8. The Balaban J connectivity index is 1.91. The highest BCUT2D eigenvalue weighted by Gasteiger charge is 2.06. The minimum Gasteiger partial charge on any atom is -0.483 e. The van der Waals surface area contributed by atoms with Crippen molar-refractivity contribution in [3.05, 3.63) is 59.7 Å². The summed E-state index contributed by atoms with van der Waals surface area (Å²) >= 11 is 0. The number of carbonyl (C=O) groups excluding carboxylic acids is 2. The number of hydrogen-bond donors (Lipinski definition) is 1. The van der Waals surface area contributed by atoms with Gasteiger partial charge in [0.1, 0.15) is 5.75 Å². The molecular formula is C17H17NO3. The van der Waals surface area contributed by atoms with Crippen LogP contribution in [-0.2, 0) is 11.2 Å². The van der Waals surface area contributed by atoms with E-state index in [1.54, 1.807) is 24.3 Å². The van der Waals surface area contributed by atoms with Crippen LogP contribution in [0.1, 0.15) is 22.8 Å². The lowest BCUT2D eigenvalue weighted by molar-refractivity contribution is -0.118. The Morgan fingerprint density at radius 2 is 1.86 bits per heavy atom. The molecule has 0 atom stereocenters. The maximum absolute atomic E-state index is 11.8. The van der Waals surface area contributed by atoms with Gasteiger partial charge in [0.05, 0.1) is 5.56 Å². The lowest BCUT2D eigenvalue weighted by atomic mass is 10.1. The van der Waals surface area contributed by atoms with E-state index < -0.39 is 0 Å². The predicted molar refractivity (Wildman–Crippen MR) is 81.8 cm³/mol. The van der Waals surface area contributed by atoms with Gasteiger partial charge in [-0.15, -0.1) is 0 Å². The Hall–Kier alpha value is -2.62. The molecule has 0 saturated heterocycles. The summed E-state index contributed by atoms with van der Waals surface area (Å²) in [6.07, 6.45) is 1.66. The highest BCUT2D eigenvalue weighted by Crippen LogP contribution is 2.15. The van der Waals surface area contributed by atoms with E-state index in [9.17, 15) is 9.59 Å². The SMILES string of the molecule is CCc1ccc(NC(=O)COc2ccccc2C=O)cc1. The molecule has 0 fully saturated rings. The Morgan fingerprint density at radius 3 is 2.52 bits per heavy atom. The van der Waals surface area contributed by atoms with E-state index in [4.69, 9.17) is 4.74 Å². The molecule has 0 aliphatic carbocycles. The molecule has 0 unspecified atom stereocenters. The van der Waals surface area contributed by atoms with Crippen LogP contribution in [0.3, 0.4) is 0 Å². The second-order valence-electron chi connectivity index (χ2n) is 4.54. The molecular weight excluding hydrogens is 266 g/mol. The van der Waals surface area contributed by atoms with Crippen LogP contribution >= 0.6 is 0 Å². The molecule has 1 N–H and O–H groups in total. The Morgan fingerprint density at radius 1 is 1.14 bits per heavy atom. The zero-order chi connectivity index (χ0) is 15.1. The summed E-state index contributed by atoms with van der Waals surface area (Å²) in [7, 11) is 0. The topological polar surface area (TPSA) is 55.4 Å². The van der Waals surface area contributed by atoms with Crippen LogP contribution in [0.4, 0.5) is 5.69 Å². The maximum Gasteiger partial charge on any atom is 0.262 e. The Bertz CT molecular complexity index is 620. The first kappa shape index (κ1) is 14.8. The number of carbonyl (C=O) groups is 2. The monoisotopic (exact) mass is 283 g/mol. The average Bonchev–Trinajstić information content (AvgIpc) is 2.54. The van der Waals surface area contributed by atoms with Gasteiger partial charge in [0.25, 0.3) is 5.91 Å². The standard InChI is InChI=1S/C17H17NO3/c1-2-13-7-9-15(10-8-13)18-17(20)12-21-16-6-4-3-5-14(16)11-19/h3-11H,2,12H2,1H3,(H,18,20). The molecule has 2 aromatic carbocycles. The number of hydrogen-bond acceptors (Lipinski definition) is 3. The van der Waals surface area contributed by atoms with Crippen molar-refractivity contribution in [1.82, 2.24) is 0 Å². The van der Waals surface area contributed by atoms with Crippen molar-refractivity contribution in [1.29, 1.82) is 0 Å². The molecule has 0 aliphatic rings. The molecule has 0 heterocycles. The zero-order valence-corrected chi connectivity index (χ0v) is 11.8. The fourth-order valence-corrected chi connectivity index (χ4v) is 1.87. The summed E-state index contributed by atoms with van der Waals surface area (Å²) in [5.74, 6) is 0.143. The van der Waals surface area contributed by atoms with E-state index in [2.05, 4.69) is 12.2 Å². The molecule has 0 aromatic heterocycles. The van der Waals surface area contributed by atoms with Gasteiger partial charge in [-0.3, -0.25) is 9.59 Å². The van der Waals surface area contributed by atoms with Crippen molar-refractivity contribution in [3.63, 3.8) is 0 Å². The maximum atomic E-state index is 11.8. The van der Waals surface area contributed by atoms with E-state index in [1.165, 1.54) is 5.56 Å². The number of benzene rings is 2. The molecule has 0 aliphatic heterocycles. The third-order valence-corrected chi connectivity index (χ3v) is 3.05. The molecule has 2 aromatic rings. The number of rotatable bonds is 6. The van der Waals surface area contributed by atoms with Gasteiger partial charge >= 0.3 is 0 Å². The van der Waals surface area contributed by atoms with Crippen molar-refractivity contribution >= 4 is 17.9 Å². The molecule has 0 bridgehead atoms. The Kier molecular flexibility index (Phi) is 5.10. The lowest BCUT2D eigenvalue weighted by Crippen LogP contribution is -2.20. The smallest absolute Gasteiger partial charge is 0.262 e. The van der Waals surface area contributed by atoms with E-state index in [0.717, 1.165) is 12.1 Å². The van der Waals surface area contributed by atoms with E-state index in [-0.39, 0.29) is 12.5 Å². The fraction of sp³-hybridized carbons (Fsp3) is 0.176. The molecule has 1 amide bonds. The van der Waals surface area contributed by atoms with Gasteiger partial charge in [-0.05, 0) is 36.2 Å². The summed E-state index contributed by atoms with van der Waals surface area (Å²) in [6, 6.07) is 14.5. The van der Waals surface area contributed by atoms with Crippen molar-refractivity contribution in [2.45, 2.75) is 13.3 Å². The largest absolute Gasteiger partial charge is 0.483 e. The van der Waals surface area contributed by atoms with Gasteiger partial charge in [-0.2, -0.15) is 0 Å². The second-order valence-corrected chi connectivity index (χ2v) is 4.54. The minimum atomic E-state index is -0.264. The predicted octanol–water partition coefficient (Wildman–Crippen LogP) is 3.08. The summed E-state index contributed by atoms with van der Waals surface area (Å²) in [6.45, 7) is 1.94.